The van der Waals surface area contributed by atoms with Gasteiger partial charge in [0.05, 0.1) is 0 Å². The standard InChI is InChI=1S/C20H26Cl2Si/c1-4-20(15-23(21)22,19-11-7-17(3)8-12-19)14-13-18-9-5-16(2)6-10-18/h5-12,23H,4,13-15H2,1-3H3. The van der Waals surface area contributed by atoms with Crippen LogP contribution in [-0.2, 0) is 11.8 Å². The van der Waals surface area contributed by atoms with Gasteiger partial charge in [0.15, 0.2) is 0 Å². The van der Waals surface area contributed by atoms with Crippen molar-refractivity contribution in [2.24, 2.45) is 0 Å². The summed E-state index contributed by atoms with van der Waals surface area (Å²) in [5.41, 5.74) is 5.48. The molecule has 0 nitrogen and oxygen atoms in total. The lowest BCUT2D eigenvalue weighted by Crippen LogP contribution is -2.29. The van der Waals surface area contributed by atoms with Crippen LogP contribution in [0.1, 0.15) is 42.0 Å². The molecule has 3 heteroatoms. The summed E-state index contributed by atoms with van der Waals surface area (Å²) in [7, 11) is -1.68. The van der Waals surface area contributed by atoms with E-state index >= 15 is 0 Å². The Morgan fingerprint density at radius 1 is 0.870 bits per heavy atom. The molecule has 1 unspecified atom stereocenters. The molecule has 0 aliphatic carbocycles. The summed E-state index contributed by atoms with van der Waals surface area (Å²) in [6, 6.07) is 18.7. The summed E-state index contributed by atoms with van der Waals surface area (Å²) in [6.45, 7) is 6.52. The van der Waals surface area contributed by atoms with Crippen molar-refractivity contribution in [3.8, 4) is 0 Å². The van der Waals surface area contributed by atoms with Crippen LogP contribution < -0.4 is 0 Å². The Balaban J connectivity index is 2.25. The Morgan fingerprint density at radius 2 is 1.39 bits per heavy atom. The Labute approximate surface area is 151 Å². The van der Waals surface area contributed by atoms with E-state index in [4.69, 9.17) is 22.2 Å². The van der Waals surface area contributed by atoms with Gasteiger partial charge < -0.3 is 0 Å². The van der Waals surface area contributed by atoms with Gasteiger partial charge in [-0.2, -0.15) is 22.2 Å². The monoisotopic (exact) mass is 364 g/mol. The Bertz CT molecular complexity index is 605. The van der Waals surface area contributed by atoms with Crippen molar-refractivity contribution >= 4 is 29.6 Å². The van der Waals surface area contributed by atoms with Gasteiger partial charge in [-0.15, -0.1) is 0 Å². The zero-order valence-electron chi connectivity index (χ0n) is 14.3. The molecule has 0 aliphatic heterocycles. The van der Waals surface area contributed by atoms with Crippen molar-refractivity contribution in [2.75, 3.05) is 0 Å². The van der Waals surface area contributed by atoms with Gasteiger partial charge in [-0.3, -0.25) is 0 Å². The van der Waals surface area contributed by atoms with E-state index in [2.05, 4.69) is 69.3 Å². The van der Waals surface area contributed by atoms with Crippen molar-refractivity contribution in [3.05, 3.63) is 70.8 Å². The van der Waals surface area contributed by atoms with Crippen LogP contribution in [0.25, 0.3) is 0 Å². The van der Waals surface area contributed by atoms with Gasteiger partial charge >= 0.3 is 0 Å². The highest BCUT2D eigenvalue weighted by molar-refractivity contribution is 7.33. The Kier molecular flexibility index (Phi) is 6.76. The number of hydrogen-bond donors (Lipinski definition) is 0. The topological polar surface area (TPSA) is 0 Å². The molecule has 0 aliphatic rings. The van der Waals surface area contributed by atoms with Gasteiger partial charge in [-0.05, 0) is 55.7 Å². The van der Waals surface area contributed by atoms with E-state index in [1.54, 1.807) is 0 Å². The highest BCUT2D eigenvalue weighted by Gasteiger charge is 2.32. The summed E-state index contributed by atoms with van der Waals surface area (Å²) < 4.78 is 0. The zero-order chi connectivity index (χ0) is 16.9. The molecule has 0 saturated carbocycles. The molecule has 2 aromatic carbocycles. The molecule has 0 saturated heterocycles. The Hall–Kier alpha value is -0.763. The normalized spacial score (nSPS) is 14.0. The van der Waals surface area contributed by atoms with E-state index in [1.807, 2.05) is 0 Å². The third-order valence-electron chi connectivity index (χ3n) is 4.90. The minimum absolute atomic E-state index is 0.0962. The molecule has 1 atom stereocenters. The fraction of sp³-hybridized carbons (Fsp3) is 0.400. The molecule has 124 valence electrons. The smallest absolute Gasteiger partial charge is 0.150 e. The summed E-state index contributed by atoms with van der Waals surface area (Å²) in [4.78, 5) is 0. The van der Waals surface area contributed by atoms with Gasteiger partial charge in [0.2, 0.25) is 7.42 Å². The second-order valence-electron chi connectivity index (χ2n) is 6.58. The highest BCUT2D eigenvalue weighted by Crippen LogP contribution is 2.39. The van der Waals surface area contributed by atoms with E-state index in [1.165, 1.54) is 22.3 Å². The first-order valence-corrected chi connectivity index (χ1v) is 12.7. The molecule has 23 heavy (non-hydrogen) atoms. The molecule has 0 fully saturated rings. The molecule has 0 radical (unpaired) electrons. The molecule has 0 bridgehead atoms. The summed E-state index contributed by atoms with van der Waals surface area (Å²) >= 11 is 12.7. The number of aryl methyl sites for hydroxylation is 3. The number of rotatable bonds is 7. The predicted octanol–water partition coefficient (Wildman–Crippen LogP) is 6.28. The van der Waals surface area contributed by atoms with E-state index < -0.39 is 7.42 Å². The lowest BCUT2D eigenvalue weighted by molar-refractivity contribution is 0.418. The fourth-order valence-corrected chi connectivity index (χ4v) is 6.32. The van der Waals surface area contributed by atoms with Crippen LogP contribution in [-0.4, -0.2) is 7.42 Å². The van der Waals surface area contributed by atoms with E-state index in [0.29, 0.717) is 0 Å². The SMILES string of the molecule is CCC(CCc1ccc(C)cc1)(C[SiH](Cl)Cl)c1ccc(C)cc1. The van der Waals surface area contributed by atoms with Crippen molar-refractivity contribution in [1.82, 2.24) is 0 Å². The van der Waals surface area contributed by atoms with Crippen molar-refractivity contribution < 1.29 is 0 Å². The molecule has 0 heterocycles. The molecule has 2 aromatic rings. The average Bonchev–Trinajstić information content (AvgIpc) is 2.53. The van der Waals surface area contributed by atoms with E-state index in [9.17, 15) is 0 Å². The van der Waals surface area contributed by atoms with Crippen molar-refractivity contribution in [2.45, 2.75) is 51.5 Å². The second kappa shape index (κ2) is 8.37. The molecular weight excluding hydrogens is 339 g/mol. The van der Waals surface area contributed by atoms with Gasteiger partial charge in [-0.25, -0.2) is 0 Å². The second-order valence-corrected chi connectivity index (χ2v) is 11.6. The lowest BCUT2D eigenvalue weighted by atomic mass is 9.75. The first-order valence-electron chi connectivity index (χ1n) is 8.36. The number of hydrogen-bond acceptors (Lipinski definition) is 0. The summed E-state index contributed by atoms with van der Waals surface area (Å²) in [6.07, 6.45) is 3.24. The predicted molar refractivity (Wildman–Crippen MR) is 106 cm³/mol. The average molecular weight is 365 g/mol. The largest absolute Gasteiger partial charge is 0.237 e. The zero-order valence-corrected chi connectivity index (χ0v) is 16.9. The van der Waals surface area contributed by atoms with Crippen molar-refractivity contribution in [1.29, 1.82) is 0 Å². The van der Waals surface area contributed by atoms with Crippen LogP contribution >= 0.6 is 22.2 Å². The number of benzene rings is 2. The lowest BCUT2D eigenvalue weighted by Gasteiger charge is -2.34. The minimum Gasteiger partial charge on any atom is -0.150 e. The maximum Gasteiger partial charge on any atom is 0.237 e. The third-order valence-corrected chi connectivity index (χ3v) is 6.91. The van der Waals surface area contributed by atoms with Gasteiger partial charge in [0, 0.05) is 0 Å². The van der Waals surface area contributed by atoms with Crippen LogP contribution in [0, 0.1) is 13.8 Å². The molecule has 0 spiro atoms. The summed E-state index contributed by atoms with van der Waals surface area (Å²) in [5, 5.41) is 0. The minimum atomic E-state index is -1.68. The van der Waals surface area contributed by atoms with E-state index in [0.717, 1.165) is 25.3 Å². The van der Waals surface area contributed by atoms with Gasteiger partial charge in [0.1, 0.15) is 0 Å². The molecular formula is C20H26Cl2Si. The maximum atomic E-state index is 6.33. The molecule has 0 N–H and O–H groups in total. The van der Waals surface area contributed by atoms with Crippen molar-refractivity contribution in [3.63, 3.8) is 0 Å². The van der Waals surface area contributed by atoms with Crippen LogP contribution in [0.15, 0.2) is 48.5 Å². The third kappa shape index (κ3) is 5.10. The molecule has 0 amide bonds. The van der Waals surface area contributed by atoms with Gasteiger partial charge in [-0.1, -0.05) is 66.6 Å². The molecule has 0 aromatic heterocycles. The van der Waals surface area contributed by atoms with Crippen LogP contribution in [0.4, 0.5) is 0 Å². The van der Waals surface area contributed by atoms with Gasteiger partial charge in [0.25, 0.3) is 0 Å². The Morgan fingerprint density at radius 3 is 1.87 bits per heavy atom. The fourth-order valence-electron chi connectivity index (χ4n) is 3.23. The van der Waals surface area contributed by atoms with Crippen LogP contribution in [0.2, 0.25) is 6.04 Å². The first-order chi connectivity index (χ1) is 10.9. The number of halogens is 2. The first kappa shape index (κ1) is 18.6. The maximum absolute atomic E-state index is 6.33. The highest BCUT2D eigenvalue weighted by atomic mass is 35.7. The van der Waals surface area contributed by atoms with Crippen LogP contribution in [0.3, 0.4) is 0 Å². The quantitative estimate of drug-likeness (QED) is 0.400. The summed E-state index contributed by atoms with van der Waals surface area (Å²) in [5.74, 6) is 0. The van der Waals surface area contributed by atoms with Crippen LogP contribution in [0.5, 0.6) is 0 Å². The van der Waals surface area contributed by atoms with E-state index in [-0.39, 0.29) is 5.41 Å². The molecule has 2 rings (SSSR count).